The zero-order chi connectivity index (χ0) is 8.16. The lowest BCUT2D eigenvalue weighted by molar-refractivity contribution is 0.498. The Kier molecular flexibility index (Phi) is 2.61. The molecule has 3 nitrogen and oxygen atoms in total. The molecule has 0 saturated carbocycles. The van der Waals surface area contributed by atoms with E-state index in [1.165, 1.54) is 0 Å². The normalized spacial score (nSPS) is 17.8. The molecule has 1 aliphatic heterocycles. The van der Waals surface area contributed by atoms with Crippen molar-refractivity contribution in [3.63, 3.8) is 0 Å². The molecule has 1 rings (SSSR count). The Morgan fingerprint density at radius 1 is 1.36 bits per heavy atom. The average Bonchev–Trinajstić information content (AvgIpc) is 2.79. The van der Waals surface area contributed by atoms with Gasteiger partial charge in [0, 0.05) is 12.8 Å². The molecule has 0 aromatic carbocycles. The second kappa shape index (κ2) is 3.49. The van der Waals surface area contributed by atoms with E-state index >= 15 is 0 Å². The molecule has 0 aliphatic carbocycles. The van der Waals surface area contributed by atoms with Crippen LogP contribution in [0.3, 0.4) is 0 Å². The number of nitrogens with zero attached hydrogens (tertiary/aromatic N) is 2. The summed E-state index contributed by atoms with van der Waals surface area (Å²) in [6.45, 7) is 0.711. The fraction of sp³-hybridized carbons (Fsp3) is 0.750. The van der Waals surface area contributed by atoms with Crippen LogP contribution in [0, 0.1) is 12.3 Å². The molecule has 0 bridgehead atoms. The quantitative estimate of drug-likeness (QED) is 0.591. The highest BCUT2D eigenvalue weighted by Crippen LogP contribution is 2.37. The molecule has 0 radical (unpaired) electrons. The van der Waals surface area contributed by atoms with Crippen molar-refractivity contribution in [2.24, 2.45) is 16.0 Å². The largest absolute Gasteiger partial charge is 0.330 e. The molecule has 3 heteroatoms. The van der Waals surface area contributed by atoms with E-state index in [1.807, 2.05) is 0 Å². The van der Waals surface area contributed by atoms with Crippen molar-refractivity contribution in [1.29, 1.82) is 0 Å². The first-order valence-electron chi connectivity index (χ1n) is 3.90. The topological polar surface area (TPSA) is 50.7 Å². The standard InChI is InChI=1S/C8H13N3/c1-2-3-5-8(10-11-8)6-4-7-9/h1H,3-7,9H2. The monoisotopic (exact) mass is 151 g/mol. The number of terminal acetylenes is 1. The summed E-state index contributed by atoms with van der Waals surface area (Å²) < 4.78 is 0. The lowest BCUT2D eigenvalue weighted by atomic mass is 10.0. The third-order valence-electron chi connectivity index (χ3n) is 1.83. The van der Waals surface area contributed by atoms with Crippen LogP contribution >= 0.6 is 0 Å². The summed E-state index contributed by atoms with van der Waals surface area (Å²) in [7, 11) is 0. The smallest absolute Gasteiger partial charge is 0.191 e. The fourth-order valence-electron chi connectivity index (χ4n) is 1.05. The van der Waals surface area contributed by atoms with Crippen LogP contribution in [0.1, 0.15) is 25.7 Å². The third-order valence-corrected chi connectivity index (χ3v) is 1.83. The molecule has 0 unspecified atom stereocenters. The third kappa shape index (κ3) is 2.32. The highest BCUT2D eigenvalue weighted by molar-refractivity contribution is 4.97. The van der Waals surface area contributed by atoms with E-state index in [0.717, 1.165) is 25.7 Å². The van der Waals surface area contributed by atoms with E-state index in [-0.39, 0.29) is 5.66 Å². The van der Waals surface area contributed by atoms with Gasteiger partial charge in [-0.25, -0.2) is 0 Å². The highest BCUT2D eigenvalue weighted by atomic mass is 15.4. The lowest BCUT2D eigenvalue weighted by Crippen LogP contribution is -2.12. The van der Waals surface area contributed by atoms with Crippen LogP contribution in [0.5, 0.6) is 0 Å². The van der Waals surface area contributed by atoms with Gasteiger partial charge in [-0.3, -0.25) is 0 Å². The van der Waals surface area contributed by atoms with E-state index < -0.39 is 0 Å². The van der Waals surface area contributed by atoms with Gasteiger partial charge in [0.2, 0.25) is 0 Å². The summed E-state index contributed by atoms with van der Waals surface area (Å²) in [5.74, 6) is 2.59. The van der Waals surface area contributed by atoms with Crippen molar-refractivity contribution < 1.29 is 0 Å². The molecule has 0 fully saturated rings. The molecule has 0 atom stereocenters. The zero-order valence-electron chi connectivity index (χ0n) is 6.58. The van der Waals surface area contributed by atoms with Crippen LogP contribution in [0.4, 0.5) is 0 Å². The Morgan fingerprint density at radius 3 is 2.55 bits per heavy atom. The van der Waals surface area contributed by atoms with Gasteiger partial charge in [0.1, 0.15) is 0 Å². The second-order valence-corrected chi connectivity index (χ2v) is 2.78. The van der Waals surface area contributed by atoms with Gasteiger partial charge in [-0.2, -0.15) is 10.2 Å². The van der Waals surface area contributed by atoms with Crippen molar-refractivity contribution in [3.8, 4) is 12.3 Å². The van der Waals surface area contributed by atoms with Gasteiger partial charge < -0.3 is 5.73 Å². The minimum atomic E-state index is -0.119. The van der Waals surface area contributed by atoms with Crippen molar-refractivity contribution in [1.82, 2.24) is 0 Å². The van der Waals surface area contributed by atoms with E-state index in [1.54, 1.807) is 0 Å². The number of rotatable bonds is 5. The molecular weight excluding hydrogens is 138 g/mol. The Morgan fingerprint density at radius 2 is 2.09 bits per heavy atom. The summed E-state index contributed by atoms with van der Waals surface area (Å²) in [6, 6.07) is 0. The predicted octanol–water partition coefficient (Wildman–Crippen LogP) is 1.30. The summed E-state index contributed by atoms with van der Waals surface area (Å²) in [5.41, 5.74) is 5.25. The first kappa shape index (κ1) is 8.22. The molecule has 60 valence electrons. The number of hydrogen-bond acceptors (Lipinski definition) is 3. The summed E-state index contributed by atoms with van der Waals surface area (Å²) >= 11 is 0. The molecule has 0 aromatic rings. The fourth-order valence-corrected chi connectivity index (χ4v) is 1.05. The van der Waals surface area contributed by atoms with Crippen molar-refractivity contribution >= 4 is 0 Å². The molecule has 2 N–H and O–H groups in total. The first-order valence-corrected chi connectivity index (χ1v) is 3.90. The van der Waals surface area contributed by atoms with Crippen LogP contribution in [-0.2, 0) is 0 Å². The lowest BCUT2D eigenvalue weighted by Gasteiger charge is -2.05. The van der Waals surface area contributed by atoms with Crippen molar-refractivity contribution in [3.05, 3.63) is 0 Å². The molecule has 0 aromatic heterocycles. The van der Waals surface area contributed by atoms with Crippen LogP contribution in [0.2, 0.25) is 0 Å². The van der Waals surface area contributed by atoms with Gasteiger partial charge >= 0.3 is 0 Å². The molecule has 11 heavy (non-hydrogen) atoms. The van der Waals surface area contributed by atoms with E-state index in [2.05, 4.69) is 16.1 Å². The maximum Gasteiger partial charge on any atom is 0.191 e. The highest BCUT2D eigenvalue weighted by Gasteiger charge is 2.37. The van der Waals surface area contributed by atoms with Gasteiger partial charge in [-0.15, -0.1) is 12.3 Å². The van der Waals surface area contributed by atoms with Gasteiger partial charge in [-0.1, -0.05) is 0 Å². The minimum Gasteiger partial charge on any atom is -0.330 e. The van der Waals surface area contributed by atoms with Crippen LogP contribution in [0.25, 0.3) is 0 Å². The molecule has 0 amide bonds. The van der Waals surface area contributed by atoms with E-state index in [0.29, 0.717) is 6.54 Å². The maximum absolute atomic E-state index is 5.37. The minimum absolute atomic E-state index is 0.119. The number of nitrogens with two attached hydrogens (primary N) is 1. The SMILES string of the molecule is C#CCCC1(CCCN)N=N1. The summed E-state index contributed by atoms with van der Waals surface area (Å²) in [5, 5.41) is 7.97. The van der Waals surface area contributed by atoms with Gasteiger partial charge in [0.15, 0.2) is 5.66 Å². The Bertz CT molecular complexity index is 184. The summed E-state index contributed by atoms with van der Waals surface area (Å²) in [6.07, 6.45) is 8.74. The van der Waals surface area contributed by atoms with Gasteiger partial charge in [0.05, 0.1) is 0 Å². The van der Waals surface area contributed by atoms with Crippen LogP contribution in [-0.4, -0.2) is 12.2 Å². The Hall–Kier alpha value is -0.880. The molecule has 1 heterocycles. The van der Waals surface area contributed by atoms with Crippen molar-refractivity contribution in [2.45, 2.75) is 31.3 Å². The van der Waals surface area contributed by atoms with Crippen molar-refractivity contribution in [2.75, 3.05) is 6.54 Å². The molecule has 0 spiro atoms. The van der Waals surface area contributed by atoms with Crippen LogP contribution < -0.4 is 5.73 Å². The second-order valence-electron chi connectivity index (χ2n) is 2.78. The van der Waals surface area contributed by atoms with E-state index in [4.69, 9.17) is 12.2 Å². The molecular formula is C8H13N3. The van der Waals surface area contributed by atoms with Gasteiger partial charge in [-0.05, 0) is 19.4 Å². The molecule has 0 saturated heterocycles. The zero-order valence-corrected chi connectivity index (χ0v) is 6.58. The maximum atomic E-state index is 5.37. The predicted molar refractivity (Wildman–Crippen MR) is 43.9 cm³/mol. The average molecular weight is 151 g/mol. The van der Waals surface area contributed by atoms with Gasteiger partial charge in [0.25, 0.3) is 0 Å². The molecule has 1 aliphatic rings. The number of hydrogen-bond donors (Lipinski definition) is 1. The van der Waals surface area contributed by atoms with Crippen LogP contribution in [0.15, 0.2) is 10.2 Å². The Labute approximate surface area is 67.1 Å². The van der Waals surface area contributed by atoms with E-state index in [9.17, 15) is 0 Å². The first-order chi connectivity index (χ1) is 5.33. The summed E-state index contributed by atoms with van der Waals surface area (Å²) in [4.78, 5) is 0. The Balaban J connectivity index is 2.15.